The Kier molecular flexibility index (Phi) is 5.82. The van der Waals surface area contributed by atoms with Crippen molar-refractivity contribution in [1.29, 1.82) is 0 Å². The summed E-state index contributed by atoms with van der Waals surface area (Å²) >= 11 is 0. The Morgan fingerprint density at radius 2 is 1.95 bits per heavy atom. The average molecular weight is 284 g/mol. The van der Waals surface area contributed by atoms with Gasteiger partial charge in [-0.3, -0.25) is 0 Å². The first-order valence-corrected chi connectivity index (χ1v) is 8.17. The smallest absolute Gasteiger partial charge is 0.240 e. The van der Waals surface area contributed by atoms with E-state index in [0.29, 0.717) is 28.6 Å². The maximum Gasteiger partial charge on any atom is 0.240 e. The molecule has 0 radical (unpaired) electrons. The minimum absolute atomic E-state index is 0.311. The summed E-state index contributed by atoms with van der Waals surface area (Å²) in [6, 6.07) is 4.84. The maximum atomic E-state index is 12.1. The summed E-state index contributed by atoms with van der Waals surface area (Å²) in [5, 5.41) is 0. The lowest BCUT2D eigenvalue weighted by molar-refractivity contribution is 0.530. The first-order valence-electron chi connectivity index (χ1n) is 6.68. The van der Waals surface area contributed by atoms with E-state index >= 15 is 0 Å². The number of aryl methyl sites for hydroxylation is 1. The Labute approximate surface area is 116 Å². The fourth-order valence-electron chi connectivity index (χ4n) is 1.94. The number of hydrogen-bond acceptors (Lipinski definition) is 3. The van der Waals surface area contributed by atoms with Crippen LogP contribution in [0.25, 0.3) is 0 Å². The zero-order valence-corrected chi connectivity index (χ0v) is 12.8. The number of nitrogens with two attached hydrogens (primary N) is 1. The molecule has 0 saturated carbocycles. The minimum Gasteiger partial charge on any atom is -0.399 e. The molecule has 108 valence electrons. The Balaban J connectivity index is 2.56. The van der Waals surface area contributed by atoms with Gasteiger partial charge in [-0.05, 0) is 43.0 Å². The van der Waals surface area contributed by atoms with Gasteiger partial charge >= 0.3 is 0 Å². The van der Waals surface area contributed by atoms with Crippen LogP contribution in [0.4, 0.5) is 5.69 Å². The van der Waals surface area contributed by atoms with E-state index in [0.717, 1.165) is 19.3 Å². The molecule has 0 aromatic heterocycles. The first kappa shape index (κ1) is 16.0. The number of anilines is 1. The van der Waals surface area contributed by atoms with Crippen molar-refractivity contribution in [3.05, 3.63) is 23.8 Å². The molecule has 0 saturated heterocycles. The highest BCUT2D eigenvalue weighted by Crippen LogP contribution is 2.17. The number of rotatable bonds is 7. The van der Waals surface area contributed by atoms with Gasteiger partial charge in [0.2, 0.25) is 10.0 Å². The summed E-state index contributed by atoms with van der Waals surface area (Å²) in [6.45, 7) is 6.58. The summed E-state index contributed by atoms with van der Waals surface area (Å²) in [5.74, 6) is 0.663. The van der Waals surface area contributed by atoms with Crippen molar-refractivity contribution < 1.29 is 8.42 Å². The topological polar surface area (TPSA) is 72.2 Å². The fraction of sp³-hybridized carbons (Fsp3) is 0.571. The number of unbranched alkanes of at least 4 members (excludes halogenated alkanes) is 1. The molecule has 0 bridgehead atoms. The van der Waals surface area contributed by atoms with Crippen molar-refractivity contribution in [3.63, 3.8) is 0 Å². The third-order valence-corrected chi connectivity index (χ3v) is 4.61. The van der Waals surface area contributed by atoms with Gasteiger partial charge in [-0.15, -0.1) is 0 Å². The number of sulfonamides is 1. The molecule has 1 aromatic rings. The van der Waals surface area contributed by atoms with Crippen LogP contribution >= 0.6 is 0 Å². The highest BCUT2D eigenvalue weighted by Gasteiger charge is 2.15. The zero-order chi connectivity index (χ0) is 14.5. The zero-order valence-electron chi connectivity index (χ0n) is 11.9. The van der Waals surface area contributed by atoms with Gasteiger partial charge in [-0.1, -0.05) is 26.7 Å². The average Bonchev–Trinajstić information content (AvgIpc) is 2.27. The molecule has 0 amide bonds. The van der Waals surface area contributed by atoms with E-state index in [1.54, 1.807) is 25.1 Å². The van der Waals surface area contributed by atoms with Gasteiger partial charge in [-0.2, -0.15) is 0 Å². The summed E-state index contributed by atoms with van der Waals surface area (Å²) < 4.78 is 26.9. The van der Waals surface area contributed by atoms with E-state index in [1.165, 1.54) is 0 Å². The number of nitrogens with one attached hydrogen (secondary N) is 1. The van der Waals surface area contributed by atoms with Gasteiger partial charge in [-0.25, -0.2) is 13.1 Å². The molecule has 3 N–H and O–H groups in total. The van der Waals surface area contributed by atoms with E-state index in [2.05, 4.69) is 18.6 Å². The van der Waals surface area contributed by atoms with Crippen LogP contribution in [0.3, 0.4) is 0 Å². The molecule has 0 aliphatic heterocycles. The molecule has 1 aromatic carbocycles. The van der Waals surface area contributed by atoms with Gasteiger partial charge in [0.05, 0.1) is 4.90 Å². The van der Waals surface area contributed by atoms with Gasteiger partial charge in [0.1, 0.15) is 0 Å². The summed E-state index contributed by atoms with van der Waals surface area (Å²) in [6.07, 6.45) is 3.04. The molecule has 4 nitrogen and oxygen atoms in total. The Hall–Kier alpha value is -1.07. The van der Waals surface area contributed by atoms with Crippen molar-refractivity contribution in [2.45, 2.75) is 44.9 Å². The van der Waals surface area contributed by atoms with E-state index in [1.807, 2.05) is 0 Å². The maximum absolute atomic E-state index is 12.1. The van der Waals surface area contributed by atoms with Gasteiger partial charge < -0.3 is 5.73 Å². The van der Waals surface area contributed by atoms with Crippen molar-refractivity contribution in [2.75, 3.05) is 12.3 Å². The first-order chi connectivity index (χ1) is 8.83. The minimum atomic E-state index is -3.41. The van der Waals surface area contributed by atoms with Crippen molar-refractivity contribution in [3.8, 4) is 0 Å². The van der Waals surface area contributed by atoms with E-state index in [9.17, 15) is 8.42 Å². The second-order valence-corrected chi connectivity index (χ2v) is 7.05. The van der Waals surface area contributed by atoms with E-state index < -0.39 is 10.0 Å². The third-order valence-electron chi connectivity index (χ3n) is 2.99. The Morgan fingerprint density at radius 3 is 2.53 bits per heavy atom. The molecule has 5 heteroatoms. The molecule has 0 spiro atoms. The van der Waals surface area contributed by atoms with Crippen LogP contribution in [0.2, 0.25) is 0 Å². The number of nitrogen functional groups attached to an aromatic ring is 1. The molecule has 0 aliphatic carbocycles. The molecule has 1 rings (SSSR count). The van der Waals surface area contributed by atoms with E-state index in [-0.39, 0.29) is 0 Å². The predicted molar refractivity (Wildman–Crippen MR) is 79.5 cm³/mol. The van der Waals surface area contributed by atoms with Crippen LogP contribution in [-0.4, -0.2) is 15.0 Å². The van der Waals surface area contributed by atoms with E-state index in [4.69, 9.17) is 5.73 Å². The van der Waals surface area contributed by atoms with Gasteiger partial charge in [0.15, 0.2) is 0 Å². The molecular formula is C14H24N2O2S. The standard InChI is InChI=1S/C14H24N2O2S/c1-11(2)6-4-5-9-16-19(17,18)14-8-7-13(15)10-12(14)3/h7-8,10-11,16H,4-6,9,15H2,1-3H3. The molecule has 19 heavy (non-hydrogen) atoms. The lowest BCUT2D eigenvalue weighted by atomic mass is 10.1. The quantitative estimate of drug-likeness (QED) is 0.597. The van der Waals surface area contributed by atoms with Crippen LogP contribution in [0.5, 0.6) is 0 Å². The lowest BCUT2D eigenvalue weighted by Crippen LogP contribution is -2.25. The summed E-state index contributed by atoms with van der Waals surface area (Å²) in [4.78, 5) is 0.311. The van der Waals surface area contributed by atoms with Crippen LogP contribution in [-0.2, 0) is 10.0 Å². The largest absolute Gasteiger partial charge is 0.399 e. The second kappa shape index (κ2) is 6.91. The number of hydrogen-bond donors (Lipinski definition) is 2. The van der Waals surface area contributed by atoms with Crippen LogP contribution in [0, 0.1) is 12.8 Å². The molecule has 0 heterocycles. The van der Waals surface area contributed by atoms with Crippen LogP contribution in [0.1, 0.15) is 38.7 Å². The SMILES string of the molecule is Cc1cc(N)ccc1S(=O)(=O)NCCCCC(C)C. The molecule has 0 unspecified atom stereocenters. The highest BCUT2D eigenvalue weighted by molar-refractivity contribution is 7.89. The van der Waals surface area contributed by atoms with Crippen molar-refractivity contribution in [1.82, 2.24) is 4.72 Å². The van der Waals surface area contributed by atoms with Crippen LogP contribution < -0.4 is 10.5 Å². The molecule has 0 aliphatic rings. The normalized spacial score (nSPS) is 12.0. The van der Waals surface area contributed by atoms with Crippen molar-refractivity contribution >= 4 is 15.7 Å². The summed E-state index contributed by atoms with van der Waals surface area (Å²) in [5.41, 5.74) is 6.88. The molecular weight excluding hydrogens is 260 g/mol. The monoisotopic (exact) mass is 284 g/mol. The molecule has 0 fully saturated rings. The van der Waals surface area contributed by atoms with Crippen molar-refractivity contribution in [2.24, 2.45) is 5.92 Å². The van der Waals surface area contributed by atoms with Gasteiger partial charge in [0, 0.05) is 12.2 Å². The van der Waals surface area contributed by atoms with Gasteiger partial charge in [0.25, 0.3) is 0 Å². The Bertz CT molecular complexity index is 510. The van der Waals surface area contributed by atoms with Crippen LogP contribution in [0.15, 0.2) is 23.1 Å². The fourth-order valence-corrected chi connectivity index (χ4v) is 3.23. The Morgan fingerprint density at radius 1 is 1.26 bits per heavy atom. The lowest BCUT2D eigenvalue weighted by Gasteiger charge is -2.10. The summed E-state index contributed by atoms with van der Waals surface area (Å²) in [7, 11) is -3.41. The highest BCUT2D eigenvalue weighted by atomic mass is 32.2. The predicted octanol–water partition coefficient (Wildman–Crippen LogP) is 2.68. The second-order valence-electron chi connectivity index (χ2n) is 5.31. The number of benzene rings is 1. The molecule has 0 atom stereocenters. The third kappa shape index (κ3) is 5.20.